The fourth-order valence-electron chi connectivity index (χ4n) is 1.47. The lowest BCUT2D eigenvalue weighted by Crippen LogP contribution is -2.23. The molecule has 102 valence electrons. The quantitative estimate of drug-likeness (QED) is 0.451. The third-order valence-corrected chi connectivity index (χ3v) is 3.08. The predicted molar refractivity (Wildman–Crippen MR) is 89.2 cm³/mol. The van der Waals surface area contributed by atoms with Crippen molar-refractivity contribution >= 4 is 45.2 Å². The highest BCUT2D eigenvalue weighted by Gasteiger charge is 1.99. The summed E-state index contributed by atoms with van der Waals surface area (Å²) in [5, 5.41) is 17.0. The minimum atomic E-state index is 0.153. The smallest absolute Gasteiger partial charge is 0.191 e. The van der Waals surface area contributed by atoms with Crippen molar-refractivity contribution in [2.75, 3.05) is 5.32 Å². The predicted octanol–water partition coefficient (Wildman–Crippen LogP) is 3.48. The number of rotatable bonds is 3. The topological polar surface area (TPSA) is 56.7 Å². The maximum atomic E-state index is 9.65. The Hall–Kier alpha value is -1.92. The third-order valence-electron chi connectivity index (χ3n) is 2.39. The lowest BCUT2D eigenvalue weighted by molar-refractivity contribution is 0.474. The summed E-state index contributed by atoms with van der Waals surface area (Å²) in [5.74, 6) is 0.153. The van der Waals surface area contributed by atoms with Gasteiger partial charge in [-0.1, -0.05) is 34.1 Å². The van der Waals surface area contributed by atoms with Gasteiger partial charge in [-0.05, 0) is 42.5 Å². The fraction of sp³-hybridized carbons (Fsp3) is 0. The fourth-order valence-corrected chi connectivity index (χ4v) is 2.02. The number of nitrogens with one attached hydrogen (secondary N) is 2. The molecule has 0 spiro atoms. The van der Waals surface area contributed by atoms with E-state index in [0.717, 1.165) is 10.2 Å². The monoisotopic (exact) mass is 349 g/mol. The summed E-state index contributed by atoms with van der Waals surface area (Å²) in [7, 11) is 0. The molecule has 3 N–H and O–H groups in total. The van der Waals surface area contributed by atoms with Crippen molar-refractivity contribution in [1.82, 2.24) is 5.43 Å². The first-order valence-electron chi connectivity index (χ1n) is 5.79. The van der Waals surface area contributed by atoms with E-state index in [2.05, 4.69) is 31.8 Å². The Morgan fingerprint density at radius 1 is 1.20 bits per heavy atom. The van der Waals surface area contributed by atoms with Gasteiger partial charge in [0.25, 0.3) is 0 Å². The second kappa shape index (κ2) is 7.02. The Morgan fingerprint density at radius 3 is 2.70 bits per heavy atom. The molecule has 0 saturated heterocycles. The van der Waals surface area contributed by atoms with Gasteiger partial charge in [-0.3, -0.25) is 5.43 Å². The largest absolute Gasteiger partial charge is 0.507 e. The second-order valence-corrected chi connectivity index (χ2v) is 5.22. The van der Waals surface area contributed by atoms with E-state index in [9.17, 15) is 5.11 Å². The summed E-state index contributed by atoms with van der Waals surface area (Å²) in [6.07, 6.45) is 1.50. The molecule has 0 atom stereocenters. The van der Waals surface area contributed by atoms with Crippen LogP contribution < -0.4 is 10.7 Å². The summed E-state index contributed by atoms with van der Waals surface area (Å²) < 4.78 is 0.863. The number of hydrogen-bond donors (Lipinski definition) is 3. The summed E-state index contributed by atoms with van der Waals surface area (Å²) in [6, 6.07) is 14.6. The van der Waals surface area contributed by atoms with Crippen LogP contribution in [-0.2, 0) is 0 Å². The summed E-state index contributed by atoms with van der Waals surface area (Å²) in [5.41, 5.74) is 4.16. The standard InChI is InChI=1S/C14H12BrN3OS/c15-11-6-7-13(19)10(8-11)9-16-18-14(20)17-12-4-2-1-3-5-12/h1-9,19H,(H2,17,18,20)/b16-9-. The van der Waals surface area contributed by atoms with E-state index in [4.69, 9.17) is 12.2 Å². The van der Waals surface area contributed by atoms with Gasteiger partial charge in [-0.25, -0.2) is 0 Å². The highest BCUT2D eigenvalue weighted by atomic mass is 79.9. The molecule has 0 fully saturated rings. The number of para-hydroxylation sites is 1. The molecule has 6 heteroatoms. The van der Waals surface area contributed by atoms with Crippen LogP contribution in [0.2, 0.25) is 0 Å². The van der Waals surface area contributed by atoms with Gasteiger partial charge in [-0.15, -0.1) is 0 Å². The number of phenolic OH excluding ortho intramolecular Hbond substituents is 1. The molecule has 0 radical (unpaired) electrons. The molecule has 0 unspecified atom stereocenters. The maximum Gasteiger partial charge on any atom is 0.191 e. The van der Waals surface area contributed by atoms with Crippen LogP contribution in [0.1, 0.15) is 5.56 Å². The molecule has 0 aliphatic carbocycles. The first kappa shape index (κ1) is 14.5. The van der Waals surface area contributed by atoms with Crippen molar-refractivity contribution in [2.24, 2.45) is 5.10 Å². The van der Waals surface area contributed by atoms with E-state index in [1.165, 1.54) is 6.21 Å². The van der Waals surface area contributed by atoms with Gasteiger partial charge in [0, 0.05) is 15.7 Å². The van der Waals surface area contributed by atoms with Gasteiger partial charge in [0.05, 0.1) is 6.21 Å². The summed E-state index contributed by atoms with van der Waals surface area (Å²) in [4.78, 5) is 0. The Bertz CT molecular complexity index is 632. The Kier molecular flexibility index (Phi) is 5.09. The van der Waals surface area contributed by atoms with Crippen LogP contribution >= 0.6 is 28.1 Å². The van der Waals surface area contributed by atoms with Gasteiger partial charge in [0.1, 0.15) is 5.75 Å². The molecule has 0 bridgehead atoms. The molecule has 0 aromatic heterocycles. The highest BCUT2D eigenvalue weighted by molar-refractivity contribution is 9.10. The van der Waals surface area contributed by atoms with Gasteiger partial charge in [0.2, 0.25) is 0 Å². The van der Waals surface area contributed by atoms with Gasteiger partial charge >= 0.3 is 0 Å². The number of phenols is 1. The number of thiocarbonyl (C=S) groups is 1. The van der Waals surface area contributed by atoms with Crippen molar-refractivity contribution in [1.29, 1.82) is 0 Å². The first-order valence-corrected chi connectivity index (χ1v) is 6.99. The zero-order valence-corrected chi connectivity index (χ0v) is 12.8. The Morgan fingerprint density at radius 2 is 1.95 bits per heavy atom. The van der Waals surface area contributed by atoms with Gasteiger partial charge < -0.3 is 10.4 Å². The number of hydrogen-bond acceptors (Lipinski definition) is 3. The van der Waals surface area contributed by atoms with Crippen LogP contribution in [0, 0.1) is 0 Å². The molecule has 0 saturated carbocycles. The van der Waals surface area contributed by atoms with Crippen LogP contribution in [0.15, 0.2) is 58.1 Å². The minimum Gasteiger partial charge on any atom is -0.507 e. The molecule has 4 nitrogen and oxygen atoms in total. The van der Waals surface area contributed by atoms with Crippen LogP contribution in [0.3, 0.4) is 0 Å². The zero-order valence-electron chi connectivity index (χ0n) is 10.4. The van der Waals surface area contributed by atoms with Crippen LogP contribution in [0.5, 0.6) is 5.75 Å². The maximum absolute atomic E-state index is 9.65. The lowest BCUT2D eigenvalue weighted by Gasteiger charge is -2.06. The number of aromatic hydroxyl groups is 1. The molecule has 2 aromatic rings. The SMILES string of the molecule is Oc1ccc(Br)cc1/C=N\NC(=S)Nc1ccccc1. The zero-order chi connectivity index (χ0) is 14.4. The molecular formula is C14H12BrN3OS. The molecule has 0 aliphatic heterocycles. The van der Waals surface area contributed by atoms with E-state index in [0.29, 0.717) is 10.7 Å². The lowest BCUT2D eigenvalue weighted by atomic mass is 10.2. The van der Waals surface area contributed by atoms with Gasteiger partial charge in [-0.2, -0.15) is 5.10 Å². The van der Waals surface area contributed by atoms with Crippen molar-refractivity contribution in [3.05, 3.63) is 58.6 Å². The molecule has 2 rings (SSSR count). The number of anilines is 1. The van der Waals surface area contributed by atoms with Crippen LogP contribution in [0.25, 0.3) is 0 Å². The van der Waals surface area contributed by atoms with Crippen molar-refractivity contribution in [3.8, 4) is 5.75 Å². The van der Waals surface area contributed by atoms with E-state index in [1.54, 1.807) is 18.2 Å². The van der Waals surface area contributed by atoms with E-state index in [-0.39, 0.29) is 5.75 Å². The number of nitrogens with zero attached hydrogens (tertiary/aromatic N) is 1. The average Bonchev–Trinajstić information content (AvgIpc) is 2.44. The summed E-state index contributed by atoms with van der Waals surface area (Å²) >= 11 is 8.43. The minimum absolute atomic E-state index is 0.153. The Balaban J connectivity index is 1.93. The average molecular weight is 350 g/mol. The molecule has 0 aliphatic rings. The summed E-state index contributed by atoms with van der Waals surface area (Å²) in [6.45, 7) is 0. The van der Waals surface area contributed by atoms with E-state index < -0.39 is 0 Å². The van der Waals surface area contributed by atoms with Crippen molar-refractivity contribution in [3.63, 3.8) is 0 Å². The van der Waals surface area contributed by atoms with Gasteiger partial charge in [0.15, 0.2) is 5.11 Å². The van der Waals surface area contributed by atoms with Crippen LogP contribution in [-0.4, -0.2) is 16.4 Å². The number of benzene rings is 2. The molecule has 0 amide bonds. The highest BCUT2D eigenvalue weighted by Crippen LogP contribution is 2.19. The number of halogens is 1. The van der Waals surface area contributed by atoms with Crippen LogP contribution in [0.4, 0.5) is 5.69 Å². The molecule has 20 heavy (non-hydrogen) atoms. The van der Waals surface area contributed by atoms with E-state index in [1.807, 2.05) is 30.3 Å². The van der Waals surface area contributed by atoms with Crippen molar-refractivity contribution in [2.45, 2.75) is 0 Å². The van der Waals surface area contributed by atoms with E-state index >= 15 is 0 Å². The molecular weight excluding hydrogens is 338 g/mol. The third kappa shape index (κ3) is 4.32. The number of hydrazone groups is 1. The molecule has 0 heterocycles. The first-order chi connectivity index (χ1) is 9.65. The normalized spacial score (nSPS) is 10.4. The van der Waals surface area contributed by atoms with Crippen molar-refractivity contribution < 1.29 is 5.11 Å². The second-order valence-electron chi connectivity index (χ2n) is 3.89. The Labute approximate surface area is 130 Å². The molecule has 2 aromatic carbocycles.